The van der Waals surface area contributed by atoms with Crippen molar-refractivity contribution in [3.63, 3.8) is 0 Å². The van der Waals surface area contributed by atoms with E-state index in [0.29, 0.717) is 67.1 Å². The lowest BCUT2D eigenvalue weighted by Gasteiger charge is -2.31. The van der Waals surface area contributed by atoms with Crippen LogP contribution < -0.4 is 11.4 Å². The van der Waals surface area contributed by atoms with Gasteiger partial charge in [0.1, 0.15) is 31.2 Å². The summed E-state index contributed by atoms with van der Waals surface area (Å²) in [6.45, 7) is 53.3. The molecule has 2 rings (SSSR count). The molecule has 0 saturated heterocycles. The van der Waals surface area contributed by atoms with Crippen molar-refractivity contribution in [2.24, 2.45) is 104 Å². The van der Waals surface area contributed by atoms with Crippen molar-refractivity contribution < 1.29 is 33.8 Å². The van der Waals surface area contributed by atoms with E-state index in [2.05, 4.69) is 154 Å². The number of hydrogen-bond donors (Lipinski definition) is 1. The van der Waals surface area contributed by atoms with E-state index in [4.69, 9.17) is 15.3 Å². The van der Waals surface area contributed by atoms with E-state index in [1.807, 2.05) is 82.2 Å². The number of allylic oxidation sites excluding steroid dienone is 2. The smallest absolute Gasteiger partial charge is 0.349 e. The zero-order valence-electron chi connectivity index (χ0n) is 51.1. The highest BCUT2D eigenvalue weighted by atomic mass is 16.7. The SMILES string of the molecule is C=CC(C(C)C)C(C)(C)ON=O.C=CC(CON=O)C(C)C.C=CC(ON=O)C(C)C.C=CC(ON=O)C(C=C)C(C)C.CC(C)CCON=O.CC(C)CON=O.COC1C=CC=CC1C(C)C.Cc1cn(C)c(=O)nc1N. The second-order valence-electron chi connectivity index (χ2n) is 20.7. The first-order chi connectivity index (χ1) is 37.0. The van der Waals surface area contributed by atoms with Gasteiger partial charge in [0.15, 0.2) is 44.2 Å². The van der Waals surface area contributed by atoms with E-state index in [1.54, 1.807) is 50.7 Å². The summed E-state index contributed by atoms with van der Waals surface area (Å²) >= 11 is 0. The minimum atomic E-state index is -0.558. The quantitative estimate of drug-likeness (QED) is 0.0337. The summed E-state index contributed by atoms with van der Waals surface area (Å²) in [6.07, 6.45) is 19.2. The minimum absolute atomic E-state index is 0.0835. The maximum Gasteiger partial charge on any atom is 0.349 e. The van der Waals surface area contributed by atoms with Crippen LogP contribution in [0.3, 0.4) is 0 Å². The van der Waals surface area contributed by atoms with Crippen molar-refractivity contribution in [1.82, 2.24) is 9.55 Å². The van der Waals surface area contributed by atoms with E-state index < -0.39 is 5.60 Å². The van der Waals surface area contributed by atoms with E-state index in [1.165, 1.54) is 4.57 Å². The molecule has 7 atom stereocenters. The van der Waals surface area contributed by atoms with E-state index in [-0.39, 0.29) is 47.7 Å². The topological polar surface area (TPSA) is 302 Å². The summed E-state index contributed by atoms with van der Waals surface area (Å²) in [6, 6.07) is 0. The number of rotatable bonds is 29. The molecule has 79 heavy (non-hydrogen) atoms. The van der Waals surface area contributed by atoms with Crippen LogP contribution in [0.5, 0.6) is 0 Å². The summed E-state index contributed by atoms with van der Waals surface area (Å²) < 4.78 is 6.72. The fourth-order valence-electron chi connectivity index (χ4n) is 6.39. The summed E-state index contributed by atoms with van der Waals surface area (Å²) in [7, 11) is 3.41. The molecule has 454 valence electrons. The third-order valence-electron chi connectivity index (χ3n) is 11.2. The highest BCUT2D eigenvalue weighted by Gasteiger charge is 2.32. The van der Waals surface area contributed by atoms with Crippen molar-refractivity contribution >= 4 is 5.82 Å². The molecule has 23 nitrogen and oxygen atoms in total. The summed E-state index contributed by atoms with van der Waals surface area (Å²) in [5.74, 6) is 4.35. The van der Waals surface area contributed by atoms with E-state index in [0.717, 1.165) is 12.0 Å². The third-order valence-corrected chi connectivity index (χ3v) is 11.2. The van der Waals surface area contributed by atoms with Crippen molar-refractivity contribution in [2.45, 2.75) is 148 Å². The minimum Gasteiger partial charge on any atom is -0.383 e. The lowest BCUT2D eigenvalue weighted by molar-refractivity contribution is -0.0588. The molecule has 0 fully saturated rings. The first kappa shape index (κ1) is 83.5. The average Bonchev–Trinajstić information content (AvgIpc) is 3.37. The van der Waals surface area contributed by atoms with Gasteiger partial charge in [-0.15, -0.1) is 49.2 Å². The van der Waals surface area contributed by atoms with Crippen LogP contribution in [0.25, 0.3) is 0 Å². The van der Waals surface area contributed by atoms with Gasteiger partial charge in [-0.3, -0.25) is 0 Å². The molecule has 0 aromatic carbocycles. The number of nitrogen functional groups attached to an aromatic ring is 1. The molecule has 0 radical (unpaired) electrons. The highest BCUT2D eigenvalue weighted by Crippen LogP contribution is 2.29. The lowest BCUT2D eigenvalue weighted by Crippen LogP contribution is -2.34. The standard InChI is InChI=1S/C10H16O.C9H17NO2.C9H15NO2.C7H13NO2.C6H9N3O.C6H11NO2.C5H11NO2.C4H9NO2/c1-8(2)9-6-4-5-7-10(9)11-3;1-6-8(7(2)3)9(4,5)12-10-11;1-5-8(7(3)4)9(6-2)12-10-11;1-4-7(6(2)3)5-10-8-9;1-4-3-9(2)6(10)8-5(4)7;1-4-6(5(2)3)9-7-8;1-5(2)3-4-8-6-7;1-4(2)3-7-5-6/h4-10H,1-3H3;6-8H,1H2,2-5H3;5-9H,1-2H2,3-4H3;4,6-7H,1,5H2,2-3H3;3H,1-2H3,(H2,7,8,10);4-6H,1H2,2-3H3;5H,3-4H2,1-2H3;4H,3H2,1-2H3. The Labute approximate surface area is 471 Å². The van der Waals surface area contributed by atoms with Crippen LogP contribution in [-0.2, 0) is 40.8 Å². The molecule has 23 heteroatoms. The van der Waals surface area contributed by atoms with Crippen LogP contribution in [0.2, 0.25) is 0 Å². The Balaban J connectivity index is -0.000000194. The monoisotopic (exact) mass is 1120 g/mol. The van der Waals surface area contributed by atoms with Gasteiger partial charge in [-0.05, 0) is 80.8 Å². The van der Waals surface area contributed by atoms with Gasteiger partial charge in [0.05, 0.1) is 6.10 Å². The van der Waals surface area contributed by atoms with Gasteiger partial charge in [-0.1, -0.05) is 153 Å². The maximum absolute atomic E-state index is 10.8. The van der Waals surface area contributed by atoms with Gasteiger partial charge >= 0.3 is 5.69 Å². The summed E-state index contributed by atoms with van der Waals surface area (Å²) in [5, 5.41) is 13.9. The van der Waals surface area contributed by atoms with Gasteiger partial charge in [0.2, 0.25) is 0 Å². The number of anilines is 1. The first-order valence-corrected chi connectivity index (χ1v) is 26.1. The number of methoxy groups -OCH3 is 1. The largest absolute Gasteiger partial charge is 0.383 e. The Hall–Kier alpha value is -6.78. The molecule has 2 N–H and O–H groups in total. The van der Waals surface area contributed by atoms with E-state index >= 15 is 0 Å². The fraction of sp³-hybridized carbons (Fsp3) is 0.679. The molecule has 0 bridgehead atoms. The number of nitrogens with zero attached hydrogens (tertiary/aromatic N) is 8. The molecule has 0 saturated carbocycles. The Morgan fingerprint density at radius 1 is 0.646 bits per heavy atom. The first-order valence-electron chi connectivity index (χ1n) is 26.1. The van der Waals surface area contributed by atoms with Crippen molar-refractivity contribution in [3.8, 4) is 0 Å². The fourth-order valence-corrected chi connectivity index (χ4v) is 6.39. The predicted molar refractivity (Wildman–Crippen MR) is 319 cm³/mol. The van der Waals surface area contributed by atoms with Crippen LogP contribution >= 0.6 is 0 Å². The van der Waals surface area contributed by atoms with Crippen LogP contribution in [0, 0.1) is 101 Å². The normalized spacial score (nSPS) is 14.6. The zero-order valence-corrected chi connectivity index (χ0v) is 51.1. The Morgan fingerprint density at radius 3 is 1.46 bits per heavy atom. The molecule has 0 spiro atoms. The number of ether oxygens (including phenoxy) is 1. The van der Waals surface area contributed by atoms with E-state index in [9.17, 15) is 34.2 Å². The summed E-state index contributed by atoms with van der Waals surface area (Å²) in [4.78, 5) is 98.2. The predicted octanol–water partition coefficient (Wildman–Crippen LogP) is 14.8. The Bertz CT molecular complexity index is 1910. The van der Waals surface area contributed by atoms with Gasteiger partial charge < -0.3 is 44.1 Å². The molecule has 1 aromatic heterocycles. The van der Waals surface area contributed by atoms with Crippen LogP contribution in [0.4, 0.5) is 5.82 Å². The molecule has 0 aliphatic heterocycles. The molecule has 1 aliphatic carbocycles. The number of aromatic nitrogens is 2. The second-order valence-corrected chi connectivity index (χ2v) is 20.7. The number of nitrogens with two attached hydrogens (primary N) is 1. The lowest BCUT2D eigenvalue weighted by atomic mass is 9.82. The van der Waals surface area contributed by atoms with Crippen molar-refractivity contribution in [3.05, 3.63) is 139 Å². The van der Waals surface area contributed by atoms with Gasteiger partial charge in [-0.25, -0.2) is 4.79 Å². The van der Waals surface area contributed by atoms with Crippen LogP contribution in [-0.4, -0.2) is 60.4 Å². The van der Waals surface area contributed by atoms with Gasteiger partial charge in [0, 0.05) is 49.6 Å². The molecular weight excluding hydrogens is 1020 g/mol. The highest BCUT2D eigenvalue weighted by molar-refractivity contribution is 5.34. The maximum atomic E-state index is 10.8. The summed E-state index contributed by atoms with van der Waals surface area (Å²) in [5.41, 5.74) is 5.31. The Kier molecular flexibility index (Phi) is 56.3. The molecule has 1 aliphatic rings. The van der Waals surface area contributed by atoms with Crippen molar-refractivity contribution in [1.29, 1.82) is 0 Å². The third kappa shape index (κ3) is 47.0. The molecule has 1 aromatic rings. The Morgan fingerprint density at radius 2 is 1.15 bits per heavy atom. The molecular formula is C56H101N9O14. The molecule has 7 unspecified atom stereocenters. The number of aryl methyl sites for hydroxylation is 2. The average molecular weight is 1120 g/mol. The molecule has 0 amide bonds. The van der Waals surface area contributed by atoms with Gasteiger partial charge in [0.25, 0.3) is 0 Å². The van der Waals surface area contributed by atoms with Crippen LogP contribution in [0.1, 0.15) is 123 Å². The zero-order chi connectivity index (χ0) is 62.7. The van der Waals surface area contributed by atoms with Crippen molar-refractivity contribution in [2.75, 3.05) is 32.7 Å². The van der Waals surface area contributed by atoms with Gasteiger partial charge in [-0.2, -0.15) is 4.98 Å². The second kappa shape index (κ2) is 53.2. The van der Waals surface area contributed by atoms with Crippen LogP contribution in [0.15, 0.2) is 131 Å². The number of hydrogen-bond acceptors (Lipinski definition) is 22. The molecule has 1 heterocycles.